The molecule has 0 aliphatic heterocycles. The minimum Gasteiger partial charge on any atom is -0.309 e. The van der Waals surface area contributed by atoms with Crippen molar-refractivity contribution < 1.29 is 8.78 Å². The van der Waals surface area contributed by atoms with Gasteiger partial charge in [-0.3, -0.25) is 0 Å². The lowest BCUT2D eigenvalue weighted by Crippen LogP contribution is -2.23. The molecule has 1 unspecified atom stereocenters. The molecule has 1 atom stereocenters. The highest BCUT2D eigenvalue weighted by Crippen LogP contribution is 2.17. The van der Waals surface area contributed by atoms with Crippen LogP contribution in [0.1, 0.15) is 24.2 Å². The summed E-state index contributed by atoms with van der Waals surface area (Å²) >= 11 is 0. The van der Waals surface area contributed by atoms with Crippen LogP contribution >= 0.6 is 0 Å². The molecule has 2 aromatic rings. The van der Waals surface area contributed by atoms with Crippen LogP contribution in [0.5, 0.6) is 0 Å². The minimum absolute atomic E-state index is 0.116. The number of halogens is 2. The highest BCUT2D eigenvalue weighted by Gasteiger charge is 2.14. The second-order valence-corrected chi connectivity index (χ2v) is 3.99. The Labute approximate surface area is 103 Å². The molecule has 0 aliphatic carbocycles. The molecule has 0 spiro atoms. The summed E-state index contributed by atoms with van der Waals surface area (Å²) in [6.07, 6.45) is 2.05. The monoisotopic (exact) mass is 252 g/mol. The molecule has 4 nitrogen and oxygen atoms in total. The van der Waals surface area contributed by atoms with Crippen molar-refractivity contribution in [3.05, 3.63) is 47.3 Å². The van der Waals surface area contributed by atoms with E-state index in [9.17, 15) is 8.78 Å². The Kier molecular flexibility index (Phi) is 3.99. The van der Waals surface area contributed by atoms with E-state index in [-0.39, 0.29) is 6.04 Å². The van der Waals surface area contributed by atoms with Crippen molar-refractivity contribution in [1.29, 1.82) is 0 Å². The van der Waals surface area contributed by atoms with Gasteiger partial charge in [0.15, 0.2) is 0 Å². The molecule has 0 amide bonds. The standard InChI is InChI=1S/C12H14F2N4/c1-2-15-11(12-7-16-18-17-12)5-8-3-9(13)6-10(14)4-8/h3-4,6-7,11,15H,2,5H2,1H3,(H,16,17,18). The Bertz CT molecular complexity index is 479. The predicted octanol–water partition coefficient (Wildman–Crippen LogP) is 1.98. The summed E-state index contributed by atoms with van der Waals surface area (Å²) in [7, 11) is 0. The van der Waals surface area contributed by atoms with E-state index in [2.05, 4.69) is 20.7 Å². The molecule has 0 fully saturated rings. The van der Waals surface area contributed by atoms with Crippen LogP contribution in [0.25, 0.3) is 0 Å². The van der Waals surface area contributed by atoms with Gasteiger partial charge in [-0.15, -0.1) is 0 Å². The third-order valence-corrected chi connectivity index (χ3v) is 2.60. The lowest BCUT2D eigenvalue weighted by Gasteiger charge is -2.15. The van der Waals surface area contributed by atoms with Gasteiger partial charge < -0.3 is 5.32 Å². The first kappa shape index (κ1) is 12.6. The molecule has 6 heteroatoms. The summed E-state index contributed by atoms with van der Waals surface area (Å²) in [4.78, 5) is 0. The molecule has 2 rings (SSSR count). The van der Waals surface area contributed by atoms with Crippen LogP contribution in [0.4, 0.5) is 8.78 Å². The molecule has 18 heavy (non-hydrogen) atoms. The van der Waals surface area contributed by atoms with Crippen LogP contribution in [0.15, 0.2) is 24.4 Å². The van der Waals surface area contributed by atoms with Gasteiger partial charge in [-0.2, -0.15) is 15.4 Å². The van der Waals surface area contributed by atoms with Crippen molar-refractivity contribution in [2.45, 2.75) is 19.4 Å². The van der Waals surface area contributed by atoms with Crippen molar-refractivity contribution in [3.63, 3.8) is 0 Å². The fourth-order valence-electron chi connectivity index (χ4n) is 1.87. The smallest absolute Gasteiger partial charge is 0.126 e. The fraction of sp³-hybridized carbons (Fsp3) is 0.333. The van der Waals surface area contributed by atoms with Gasteiger partial charge in [0.1, 0.15) is 11.6 Å². The number of benzene rings is 1. The van der Waals surface area contributed by atoms with Crippen LogP contribution in [0, 0.1) is 11.6 Å². The van der Waals surface area contributed by atoms with Crippen LogP contribution < -0.4 is 5.32 Å². The van der Waals surface area contributed by atoms with Crippen LogP contribution in [0.2, 0.25) is 0 Å². The van der Waals surface area contributed by atoms with Gasteiger partial charge in [-0.05, 0) is 30.7 Å². The number of nitrogens with zero attached hydrogens (tertiary/aromatic N) is 2. The third kappa shape index (κ3) is 3.10. The van der Waals surface area contributed by atoms with Crippen molar-refractivity contribution in [2.75, 3.05) is 6.54 Å². The second-order valence-electron chi connectivity index (χ2n) is 3.99. The highest BCUT2D eigenvalue weighted by atomic mass is 19.1. The molecule has 1 aromatic heterocycles. The van der Waals surface area contributed by atoms with E-state index in [0.717, 1.165) is 18.3 Å². The maximum absolute atomic E-state index is 13.1. The van der Waals surface area contributed by atoms with Gasteiger partial charge in [0, 0.05) is 6.07 Å². The molecule has 0 radical (unpaired) electrons. The Morgan fingerprint density at radius 1 is 1.28 bits per heavy atom. The first-order valence-electron chi connectivity index (χ1n) is 5.73. The molecule has 1 aromatic carbocycles. The molecular formula is C12H14F2N4. The molecule has 96 valence electrons. The Balaban J connectivity index is 2.18. The summed E-state index contributed by atoms with van der Waals surface area (Å²) in [5.41, 5.74) is 1.31. The summed E-state index contributed by atoms with van der Waals surface area (Å²) in [5.74, 6) is -1.14. The average molecular weight is 252 g/mol. The number of aromatic nitrogens is 3. The Morgan fingerprint density at radius 3 is 2.56 bits per heavy atom. The number of rotatable bonds is 5. The van der Waals surface area contributed by atoms with Crippen LogP contribution in [-0.2, 0) is 6.42 Å². The number of likely N-dealkylation sites (N-methyl/N-ethyl adjacent to an activating group) is 1. The van der Waals surface area contributed by atoms with E-state index in [1.807, 2.05) is 6.92 Å². The number of aromatic amines is 1. The van der Waals surface area contributed by atoms with Crippen LogP contribution in [0.3, 0.4) is 0 Å². The lowest BCUT2D eigenvalue weighted by molar-refractivity contribution is 0.527. The highest BCUT2D eigenvalue weighted by molar-refractivity contribution is 5.20. The molecule has 2 N–H and O–H groups in total. The second kappa shape index (κ2) is 5.68. The van der Waals surface area contributed by atoms with E-state index in [1.165, 1.54) is 12.1 Å². The van der Waals surface area contributed by atoms with E-state index in [4.69, 9.17) is 0 Å². The quantitative estimate of drug-likeness (QED) is 0.855. The molecule has 1 heterocycles. The topological polar surface area (TPSA) is 53.6 Å². The third-order valence-electron chi connectivity index (χ3n) is 2.60. The minimum atomic E-state index is -0.569. The van der Waals surface area contributed by atoms with E-state index >= 15 is 0 Å². The molecule has 0 aliphatic rings. The first-order chi connectivity index (χ1) is 8.69. The normalized spacial score (nSPS) is 12.6. The Hall–Kier alpha value is -1.82. The number of hydrogen-bond donors (Lipinski definition) is 2. The average Bonchev–Trinajstić information content (AvgIpc) is 2.80. The van der Waals surface area contributed by atoms with Crippen LogP contribution in [-0.4, -0.2) is 22.0 Å². The summed E-state index contributed by atoms with van der Waals surface area (Å²) in [6.45, 7) is 2.69. The first-order valence-corrected chi connectivity index (χ1v) is 5.73. The van der Waals surface area contributed by atoms with Gasteiger partial charge in [0.05, 0.1) is 17.9 Å². The largest absolute Gasteiger partial charge is 0.309 e. The Morgan fingerprint density at radius 2 is 2.00 bits per heavy atom. The number of nitrogens with one attached hydrogen (secondary N) is 2. The SMILES string of the molecule is CCNC(Cc1cc(F)cc(F)c1)c1cn[nH]n1. The zero-order chi connectivity index (χ0) is 13.0. The maximum Gasteiger partial charge on any atom is 0.126 e. The fourth-order valence-corrected chi connectivity index (χ4v) is 1.87. The zero-order valence-corrected chi connectivity index (χ0v) is 9.95. The maximum atomic E-state index is 13.1. The van der Waals surface area contributed by atoms with Crippen molar-refractivity contribution in [3.8, 4) is 0 Å². The van der Waals surface area contributed by atoms with Crippen molar-refractivity contribution in [1.82, 2.24) is 20.7 Å². The van der Waals surface area contributed by atoms with E-state index in [1.54, 1.807) is 6.20 Å². The van der Waals surface area contributed by atoms with Gasteiger partial charge in [-0.25, -0.2) is 8.78 Å². The number of H-pyrrole nitrogens is 1. The molecule has 0 saturated heterocycles. The van der Waals surface area contributed by atoms with Gasteiger partial charge in [0.2, 0.25) is 0 Å². The summed E-state index contributed by atoms with van der Waals surface area (Å²) in [5, 5.41) is 13.5. The predicted molar refractivity (Wildman–Crippen MR) is 62.9 cm³/mol. The lowest BCUT2D eigenvalue weighted by atomic mass is 10.0. The summed E-state index contributed by atoms with van der Waals surface area (Å²) in [6, 6.07) is 3.40. The molecular weight excluding hydrogens is 238 g/mol. The van der Waals surface area contributed by atoms with Crippen molar-refractivity contribution in [2.24, 2.45) is 0 Å². The van der Waals surface area contributed by atoms with Crippen molar-refractivity contribution >= 4 is 0 Å². The van der Waals surface area contributed by atoms with Gasteiger partial charge in [-0.1, -0.05) is 6.92 Å². The van der Waals surface area contributed by atoms with Gasteiger partial charge >= 0.3 is 0 Å². The summed E-state index contributed by atoms with van der Waals surface area (Å²) < 4.78 is 26.2. The van der Waals surface area contributed by atoms with Gasteiger partial charge in [0.25, 0.3) is 0 Å². The van der Waals surface area contributed by atoms with E-state index < -0.39 is 11.6 Å². The molecule has 0 bridgehead atoms. The van der Waals surface area contributed by atoms with E-state index in [0.29, 0.717) is 12.0 Å². The zero-order valence-electron chi connectivity index (χ0n) is 9.95. The molecule has 0 saturated carbocycles. The number of hydrogen-bond acceptors (Lipinski definition) is 3.